The summed E-state index contributed by atoms with van der Waals surface area (Å²) in [5.74, 6) is 2.47. The molecule has 76 heavy (non-hydrogen) atoms. The summed E-state index contributed by atoms with van der Waals surface area (Å²) in [6.07, 6.45) is 12.4. The Morgan fingerprint density at radius 3 is 2.32 bits per heavy atom. The van der Waals surface area contributed by atoms with Crippen molar-refractivity contribution in [1.29, 1.82) is 0 Å². The average Bonchev–Trinajstić information content (AvgIpc) is 4.26. The first-order valence-corrected chi connectivity index (χ1v) is 28.3. The molecule has 0 radical (unpaired) electrons. The summed E-state index contributed by atoms with van der Waals surface area (Å²) in [6, 6.07) is 18.8. The number of nitrogens with one attached hydrogen (secondary N) is 1. The number of thiazole rings is 1. The maximum Gasteiger partial charge on any atom is 0.243 e. The number of aromatic hydroxyl groups is 1. The Morgan fingerprint density at radius 2 is 1.62 bits per heavy atom. The minimum absolute atomic E-state index is 0.0952. The van der Waals surface area contributed by atoms with Gasteiger partial charge < -0.3 is 50.3 Å². The summed E-state index contributed by atoms with van der Waals surface area (Å²) >= 11 is 1.60. The lowest BCUT2D eigenvalue weighted by atomic mass is 9.90. The van der Waals surface area contributed by atoms with Crippen LogP contribution in [0.1, 0.15) is 106 Å². The number of piperidine rings is 2. The van der Waals surface area contributed by atoms with Crippen LogP contribution in [0.4, 0.5) is 23.3 Å². The van der Waals surface area contributed by atoms with Gasteiger partial charge in [0.05, 0.1) is 33.6 Å². The van der Waals surface area contributed by atoms with Crippen LogP contribution in [0.5, 0.6) is 5.75 Å². The Kier molecular flexibility index (Phi) is 15.2. The molecular formula is C57H71N13O5S. The lowest BCUT2D eigenvalue weighted by Crippen LogP contribution is -2.54. The number of nitrogens with two attached hydrogens (primary N) is 1. The molecule has 19 heteroatoms. The van der Waals surface area contributed by atoms with E-state index in [1.807, 2.05) is 74.8 Å². The van der Waals surface area contributed by atoms with Crippen LogP contribution in [0, 0.1) is 18.8 Å². The van der Waals surface area contributed by atoms with Crippen molar-refractivity contribution in [2.75, 3.05) is 72.8 Å². The fourth-order valence-electron chi connectivity index (χ4n) is 12.6. The number of aliphatic hydroxyl groups excluding tert-OH is 1. The van der Waals surface area contributed by atoms with Crippen LogP contribution in [0.15, 0.2) is 83.1 Å². The van der Waals surface area contributed by atoms with Crippen LogP contribution in [0.25, 0.3) is 21.7 Å². The molecule has 5 aliphatic heterocycles. The summed E-state index contributed by atoms with van der Waals surface area (Å²) in [5, 5.41) is 37.2. The highest BCUT2D eigenvalue weighted by Gasteiger charge is 2.44. The van der Waals surface area contributed by atoms with Crippen molar-refractivity contribution in [2.45, 2.75) is 121 Å². The first-order chi connectivity index (χ1) is 36.9. The van der Waals surface area contributed by atoms with Crippen LogP contribution < -0.4 is 25.8 Å². The highest BCUT2D eigenvalue weighted by atomic mass is 32.1. The molecule has 5 N–H and O–H groups in total. The zero-order valence-corrected chi connectivity index (χ0v) is 44.7. The van der Waals surface area contributed by atoms with Gasteiger partial charge in [-0.1, -0.05) is 55.4 Å². The molecule has 5 atom stereocenters. The second-order valence-corrected chi connectivity index (χ2v) is 23.0. The number of nitrogens with zero attached hydrogens (tertiary/aromatic N) is 11. The van der Waals surface area contributed by atoms with Crippen LogP contribution in [-0.4, -0.2) is 139 Å². The molecule has 3 unspecified atom stereocenters. The number of β-amino-alcohol motifs (C(OH)–C–C–N with tert-alkyl or cyclic N) is 1. The van der Waals surface area contributed by atoms with Gasteiger partial charge in [-0.25, -0.2) is 15.0 Å². The summed E-state index contributed by atoms with van der Waals surface area (Å²) in [4.78, 5) is 54.5. The number of carbonyl (C=O) groups excluding carboxylic acids is 2. The molecule has 5 fully saturated rings. The van der Waals surface area contributed by atoms with E-state index in [4.69, 9.17) is 20.2 Å². The number of fused-ring (bicyclic) bond motifs is 2. The molecule has 0 spiro atoms. The molecule has 11 rings (SSSR count). The zero-order chi connectivity index (χ0) is 52.5. The van der Waals surface area contributed by atoms with Gasteiger partial charge in [-0.05, 0) is 131 Å². The average molecular weight is 1050 g/mol. The number of piperazine rings is 1. The summed E-state index contributed by atoms with van der Waals surface area (Å²) in [7, 11) is 0. The van der Waals surface area contributed by atoms with E-state index >= 15 is 0 Å². The molecule has 6 aromatic rings. The predicted molar refractivity (Wildman–Crippen MR) is 294 cm³/mol. The molecule has 9 heterocycles. The van der Waals surface area contributed by atoms with Crippen LogP contribution >= 0.6 is 11.3 Å². The van der Waals surface area contributed by atoms with Crippen molar-refractivity contribution < 1.29 is 24.3 Å². The Bertz CT molecular complexity index is 2940. The molecular weight excluding hydrogens is 979 g/mol. The third-order valence-electron chi connectivity index (χ3n) is 16.8. The third kappa shape index (κ3) is 11.0. The Hall–Kier alpha value is -6.70. The van der Waals surface area contributed by atoms with E-state index in [1.54, 1.807) is 23.5 Å². The number of aryl methyl sites for hydroxylation is 1. The minimum Gasteiger partial charge on any atom is -0.507 e. The molecule has 2 amide bonds. The normalized spacial score (nSPS) is 22.0. The smallest absolute Gasteiger partial charge is 0.243 e. The first-order valence-electron chi connectivity index (χ1n) is 27.4. The molecule has 5 saturated heterocycles. The molecule has 4 aromatic heterocycles. The predicted octanol–water partition coefficient (Wildman–Crippen LogP) is 7.39. The third-order valence-corrected chi connectivity index (χ3v) is 17.8. The van der Waals surface area contributed by atoms with E-state index in [2.05, 4.69) is 57.6 Å². The number of aliphatic hydroxyl groups is 1. The number of anilines is 4. The number of para-hydroxylation sites is 1. The summed E-state index contributed by atoms with van der Waals surface area (Å²) < 4.78 is 5.93. The van der Waals surface area contributed by atoms with Gasteiger partial charge in [0.1, 0.15) is 17.7 Å². The van der Waals surface area contributed by atoms with E-state index in [9.17, 15) is 19.8 Å². The van der Waals surface area contributed by atoms with Crippen molar-refractivity contribution >= 4 is 46.4 Å². The molecule has 0 saturated carbocycles. The topological polar surface area (TPSA) is 219 Å². The van der Waals surface area contributed by atoms with Gasteiger partial charge in [-0.3, -0.25) is 9.59 Å². The van der Waals surface area contributed by atoms with Gasteiger partial charge in [0.25, 0.3) is 0 Å². The monoisotopic (exact) mass is 1050 g/mol. The largest absolute Gasteiger partial charge is 0.507 e. The number of benzene rings is 2. The first kappa shape index (κ1) is 51.4. The van der Waals surface area contributed by atoms with Gasteiger partial charge >= 0.3 is 0 Å². The lowest BCUT2D eigenvalue weighted by molar-refractivity contribution is -0.141. The van der Waals surface area contributed by atoms with Crippen LogP contribution in [0.3, 0.4) is 0 Å². The Morgan fingerprint density at radius 1 is 0.882 bits per heavy atom. The number of aromatic nitrogens is 6. The minimum atomic E-state index is -0.788. The maximum absolute atomic E-state index is 14.3. The highest BCUT2D eigenvalue weighted by molar-refractivity contribution is 7.13. The van der Waals surface area contributed by atoms with Crippen molar-refractivity contribution in [2.24, 2.45) is 11.8 Å². The molecule has 400 valence electrons. The molecule has 2 bridgehead atoms. The van der Waals surface area contributed by atoms with Gasteiger partial charge in [0, 0.05) is 81.8 Å². The fraction of sp³-hybridized carbons (Fsp3) is 0.509. The van der Waals surface area contributed by atoms with Gasteiger partial charge in [0.2, 0.25) is 17.8 Å². The number of phenols is 1. The molecule has 18 nitrogen and oxygen atoms in total. The number of rotatable bonds is 16. The Labute approximate surface area is 448 Å². The number of carbonyl (C=O) groups is 2. The molecule has 0 aliphatic carbocycles. The summed E-state index contributed by atoms with van der Waals surface area (Å²) in [5.41, 5.74) is 14.6. The standard InChI is InChI=1S/C57H71N13O5S/c1-35(2)52(56(74)69-33-44(71)25-48(69)55(73)59-28-38-10-12-40(13-11-38)53-36(3)62-34-76-53)50-27-51(65-75-50)67-23-16-37(17-24-67)7-6-20-66-21-18-39(19-22-66)41-29-60-57(61-30-41)70-42-14-15-43(70)32-68(31-42)47-26-46(63-64-54(47)58)45-8-4-5-9-49(45)72/h4-5,8-13,26-27,29-30,34-35,37,39,42-44,48,52,71-72H,6-7,14-25,28,31-33H2,1-3H3,(H2,58,64)(H,59,73)/t42?,43?,44-,48+,52?/m1/s1. The second kappa shape index (κ2) is 22.5. The van der Waals surface area contributed by atoms with E-state index in [0.29, 0.717) is 41.2 Å². The number of likely N-dealkylation sites (tertiary alicyclic amines) is 2. The van der Waals surface area contributed by atoms with E-state index in [1.165, 1.54) is 23.3 Å². The number of amides is 2. The van der Waals surface area contributed by atoms with Crippen molar-refractivity contribution in [1.82, 2.24) is 45.4 Å². The lowest BCUT2D eigenvalue weighted by Gasteiger charge is -2.42. The van der Waals surface area contributed by atoms with Crippen molar-refractivity contribution in [3.63, 3.8) is 0 Å². The SMILES string of the molecule is Cc1ncsc1-c1ccc(CNC(=O)[C@@H]2C[C@@H](O)CN2C(=O)C(c2cc(N3CCC(CCCN4CCC(c5cnc(N6C7CCC6CN(c6cc(-c8ccccc8O)nnc6N)C7)nc5)CC4)CC3)no2)C(C)C)cc1. The number of phenolic OH excluding ortho intramolecular Hbond substituents is 1. The second-order valence-electron chi connectivity index (χ2n) is 22.1. The van der Waals surface area contributed by atoms with Gasteiger partial charge in [-0.15, -0.1) is 21.5 Å². The van der Waals surface area contributed by atoms with Crippen molar-refractivity contribution in [3.05, 3.63) is 101 Å². The van der Waals surface area contributed by atoms with E-state index < -0.39 is 18.1 Å². The molecule has 2 aromatic carbocycles. The van der Waals surface area contributed by atoms with Gasteiger partial charge in [0.15, 0.2) is 17.4 Å². The summed E-state index contributed by atoms with van der Waals surface area (Å²) in [6.45, 7) is 13.0. The highest BCUT2D eigenvalue weighted by Crippen LogP contribution is 2.40. The Balaban J connectivity index is 0.608. The maximum atomic E-state index is 14.3. The fourth-order valence-corrected chi connectivity index (χ4v) is 13.4. The number of nitrogen functional groups attached to an aromatic ring is 1. The molecule has 5 aliphatic rings. The van der Waals surface area contributed by atoms with Crippen LogP contribution in [-0.2, 0) is 16.1 Å². The number of hydrogen-bond acceptors (Lipinski definition) is 17. The van der Waals surface area contributed by atoms with E-state index in [0.717, 1.165) is 123 Å². The van der Waals surface area contributed by atoms with E-state index in [-0.39, 0.29) is 48.5 Å². The zero-order valence-electron chi connectivity index (χ0n) is 43.9. The van der Waals surface area contributed by atoms with Crippen LogP contribution in [0.2, 0.25) is 0 Å². The number of hydrogen-bond donors (Lipinski definition) is 4. The quantitative estimate of drug-likeness (QED) is 0.0742. The van der Waals surface area contributed by atoms with Crippen molar-refractivity contribution in [3.8, 4) is 27.4 Å². The van der Waals surface area contributed by atoms with Gasteiger partial charge in [-0.2, -0.15) is 0 Å².